The van der Waals surface area contributed by atoms with Crippen molar-refractivity contribution in [3.8, 4) is 0 Å². The molecular weight excluding hydrogens is 410 g/mol. The van der Waals surface area contributed by atoms with Crippen LogP contribution >= 0.6 is 0 Å². The molecule has 1 fully saturated rings. The summed E-state index contributed by atoms with van der Waals surface area (Å²) < 4.78 is 5.70. The average Bonchev–Trinajstić information content (AvgIpc) is 3.06. The first kappa shape index (κ1) is 25.3. The highest BCUT2D eigenvalue weighted by atomic mass is 16.5. The van der Waals surface area contributed by atoms with E-state index in [-0.39, 0.29) is 29.2 Å². The molecule has 3 unspecified atom stereocenters. The van der Waals surface area contributed by atoms with Crippen molar-refractivity contribution in [3.05, 3.63) is 59.4 Å². The molecule has 3 rings (SSSR count). The summed E-state index contributed by atoms with van der Waals surface area (Å²) in [5, 5.41) is 0. The summed E-state index contributed by atoms with van der Waals surface area (Å²) in [5.74, 6) is 0.174. The number of hydrogen-bond donors (Lipinski definition) is 0. The molecule has 0 radical (unpaired) electrons. The van der Waals surface area contributed by atoms with Crippen LogP contribution in [0.15, 0.2) is 59.4 Å². The predicted octanol–water partition coefficient (Wildman–Crippen LogP) is 6.32. The van der Waals surface area contributed by atoms with Crippen LogP contribution in [0.3, 0.4) is 0 Å². The van der Waals surface area contributed by atoms with E-state index in [0.29, 0.717) is 18.8 Å². The first-order valence-corrected chi connectivity index (χ1v) is 12.7. The minimum Gasteiger partial charge on any atom is -0.459 e. The molecule has 3 aliphatic rings. The quantitative estimate of drug-likeness (QED) is 0.269. The Morgan fingerprint density at radius 1 is 1.27 bits per heavy atom. The Balaban J connectivity index is 1.81. The molecule has 4 nitrogen and oxygen atoms in total. The number of carbonyl (C=O) groups excluding carboxylic acids is 2. The van der Waals surface area contributed by atoms with E-state index in [9.17, 15) is 9.59 Å². The maximum Gasteiger partial charge on any atom is 0.334 e. The lowest BCUT2D eigenvalue weighted by atomic mass is 9.73. The summed E-state index contributed by atoms with van der Waals surface area (Å²) >= 11 is 0. The monoisotopic (exact) mass is 451 g/mol. The van der Waals surface area contributed by atoms with Gasteiger partial charge in [-0.1, -0.05) is 58.1 Å². The number of Topliss-reactive ketones (excluding diaryl/α,β-unsaturated/α-hetero) is 1. The van der Waals surface area contributed by atoms with Gasteiger partial charge in [0.1, 0.15) is 11.9 Å². The molecule has 4 heteroatoms. The molecule has 2 aliphatic heterocycles. The number of allylic oxidation sites excluding steroid dienone is 6. The lowest BCUT2D eigenvalue weighted by molar-refractivity contribution is -0.149. The maximum atomic E-state index is 12.7. The van der Waals surface area contributed by atoms with Crippen molar-refractivity contribution < 1.29 is 14.3 Å². The third-order valence-corrected chi connectivity index (χ3v) is 7.75. The molecule has 1 aliphatic carbocycles. The van der Waals surface area contributed by atoms with Crippen molar-refractivity contribution in [3.63, 3.8) is 0 Å². The van der Waals surface area contributed by atoms with E-state index in [1.807, 2.05) is 13.0 Å². The zero-order valence-electron chi connectivity index (χ0n) is 21.1. The molecule has 33 heavy (non-hydrogen) atoms. The third kappa shape index (κ3) is 6.59. The number of carbonyl (C=O) groups is 2. The van der Waals surface area contributed by atoms with E-state index in [1.165, 1.54) is 5.70 Å². The van der Waals surface area contributed by atoms with Crippen LogP contribution in [0.1, 0.15) is 73.1 Å². The van der Waals surface area contributed by atoms with E-state index < -0.39 is 0 Å². The second-order valence-electron chi connectivity index (χ2n) is 10.2. The van der Waals surface area contributed by atoms with Crippen LogP contribution in [0.2, 0.25) is 0 Å². The maximum absolute atomic E-state index is 12.7. The van der Waals surface area contributed by atoms with Crippen LogP contribution in [-0.2, 0) is 14.3 Å². The van der Waals surface area contributed by atoms with Gasteiger partial charge < -0.3 is 9.64 Å². The standard InChI is InChI=1S/C29H41NO3/c1-6-29(5)20-26(30-15-9-7-8-10-16-30)13-11-24(18-22(29)3)19-25-12-14-27(33-28(25)32)17-21(2)23(4)31/h7-8,11,13,18-22,27H,6,9-10,12,14-17H2,1-5H3/b13-11-,24-18+,25-19-,26-20+/t21?,22-,27?,29?/m0/s1. The zero-order chi connectivity index (χ0) is 24.0. The third-order valence-electron chi connectivity index (χ3n) is 7.75. The van der Waals surface area contributed by atoms with Crippen molar-refractivity contribution in [2.45, 2.75) is 79.2 Å². The molecule has 0 N–H and O–H groups in total. The highest BCUT2D eigenvalue weighted by Gasteiger charge is 2.30. The first-order valence-electron chi connectivity index (χ1n) is 12.7. The van der Waals surface area contributed by atoms with E-state index in [4.69, 9.17) is 4.74 Å². The molecule has 0 bridgehead atoms. The Kier molecular flexibility index (Phi) is 8.56. The van der Waals surface area contributed by atoms with Gasteiger partial charge in [-0.25, -0.2) is 4.79 Å². The van der Waals surface area contributed by atoms with Crippen molar-refractivity contribution in [2.75, 3.05) is 13.1 Å². The lowest BCUT2D eigenvalue weighted by Crippen LogP contribution is -2.29. The largest absolute Gasteiger partial charge is 0.459 e. The van der Waals surface area contributed by atoms with Crippen molar-refractivity contribution >= 4 is 11.8 Å². The van der Waals surface area contributed by atoms with Crippen LogP contribution in [-0.4, -0.2) is 35.8 Å². The highest BCUT2D eigenvalue weighted by Crippen LogP contribution is 2.38. The summed E-state index contributed by atoms with van der Waals surface area (Å²) in [4.78, 5) is 26.8. The van der Waals surface area contributed by atoms with E-state index in [2.05, 4.69) is 62.1 Å². The molecule has 2 heterocycles. The Morgan fingerprint density at radius 2 is 1.97 bits per heavy atom. The van der Waals surface area contributed by atoms with Crippen LogP contribution in [0.25, 0.3) is 0 Å². The average molecular weight is 452 g/mol. The van der Waals surface area contributed by atoms with Crippen LogP contribution < -0.4 is 0 Å². The molecule has 0 amide bonds. The van der Waals surface area contributed by atoms with Crippen molar-refractivity contribution in [2.24, 2.45) is 17.3 Å². The highest BCUT2D eigenvalue weighted by molar-refractivity contribution is 5.90. The zero-order valence-corrected chi connectivity index (χ0v) is 21.1. The van der Waals surface area contributed by atoms with Gasteiger partial charge in [0.2, 0.25) is 0 Å². The molecule has 0 aromatic rings. The fourth-order valence-corrected chi connectivity index (χ4v) is 4.78. The second kappa shape index (κ2) is 11.2. The number of cyclic esters (lactones) is 1. The Hall–Kier alpha value is -2.36. The molecule has 180 valence electrons. The number of ether oxygens (including phenoxy) is 1. The summed E-state index contributed by atoms with van der Waals surface area (Å²) in [6, 6.07) is 0. The summed E-state index contributed by atoms with van der Waals surface area (Å²) in [6.07, 6.45) is 20.8. The topological polar surface area (TPSA) is 46.6 Å². The Bertz CT molecular complexity index is 881. The van der Waals surface area contributed by atoms with Gasteiger partial charge in [-0.3, -0.25) is 4.79 Å². The van der Waals surface area contributed by atoms with Crippen molar-refractivity contribution in [1.82, 2.24) is 4.90 Å². The number of ketones is 1. The number of rotatable bonds is 6. The lowest BCUT2D eigenvalue weighted by Gasteiger charge is -2.35. The summed E-state index contributed by atoms with van der Waals surface area (Å²) in [7, 11) is 0. The van der Waals surface area contributed by atoms with Gasteiger partial charge in [0.05, 0.1) is 0 Å². The SMILES string of the molecule is CCC1(C)\C=C(N2CCC=CCC2)/C=C\C(\C=C2\CCC(CC(C)C(C)=O)OC2=O)=C/[C@@H]1C. The van der Waals surface area contributed by atoms with E-state index in [0.717, 1.165) is 49.9 Å². The molecule has 1 saturated heterocycles. The fraction of sp³-hybridized carbons (Fsp3) is 0.586. The smallest absolute Gasteiger partial charge is 0.334 e. The number of hydrogen-bond acceptors (Lipinski definition) is 4. The fourth-order valence-electron chi connectivity index (χ4n) is 4.78. The first-order chi connectivity index (χ1) is 15.7. The summed E-state index contributed by atoms with van der Waals surface area (Å²) in [5.41, 5.74) is 3.13. The minimum atomic E-state index is -0.237. The Labute approximate surface area is 200 Å². The number of nitrogens with zero attached hydrogens (tertiary/aromatic N) is 1. The van der Waals surface area contributed by atoms with Crippen molar-refractivity contribution in [1.29, 1.82) is 0 Å². The van der Waals surface area contributed by atoms with Gasteiger partial charge in [0.25, 0.3) is 0 Å². The molecular formula is C29H41NO3. The van der Waals surface area contributed by atoms with Crippen LogP contribution in [0, 0.1) is 17.3 Å². The van der Waals surface area contributed by atoms with Gasteiger partial charge >= 0.3 is 5.97 Å². The van der Waals surface area contributed by atoms with E-state index >= 15 is 0 Å². The van der Waals surface area contributed by atoms with Gasteiger partial charge in [0.15, 0.2) is 0 Å². The molecule has 0 aromatic carbocycles. The van der Waals surface area contributed by atoms with Gasteiger partial charge in [0, 0.05) is 30.3 Å². The van der Waals surface area contributed by atoms with Crippen LogP contribution in [0.4, 0.5) is 0 Å². The molecule has 4 atom stereocenters. The molecule has 0 spiro atoms. The molecule has 0 aromatic heterocycles. The Morgan fingerprint density at radius 3 is 2.58 bits per heavy atom. The van der Waals surface area contributed by atoms with Gasteiger partial charge in [-0.15, -0.1) is 0 Å². The minimum absolute atomic E-state index is 0.0462. The van der Waals surface area contributed by atoms with Gasteiger partial charge in [-0.2, -0.15) is 0 Å². The number of esters is 1. The van der Waals surface area contributed by atoms with E-state index in [1.54, 1.807) is 6.92 Å². The normalized spacial score (nSPS) is 34.8. The summed E-state index contributed by atoms with van der Waals surface area (Å²) in [6.45, 7) is 12.4. The van der Waals surface area contributed by atoms with Gasteiger partial charge in [-0.05, 0) is 74.5 Å². The molecule has 0 saturated carbocycles. The predicted molar refractivity (Wildman–Crippen MR) is 134 cm³/mol. The second-order valence-corrected chi connectivity index (χ2v) is 10.2. The van der Waals surface area contributed by atoms with Crippen LogP contribution in [0.5, 0.6) is 0 Å².